The summed E-state index contributed by atoms with van der Waals surface area (Å²) in [5.74, 6) is -0.979. The predicted molar refractivity (Wildman–Crippen MR) is 38.3 cm³/mol. The molecule has 4 heteroatoms. The van der Waals surface area contributed by atoms with Crippen molar-refractivity contribution in [1.82, 2.24) is 4.57 Å². The normalized spacial score (nSPS) is 10.0. The predicted octanol–water partition coefficient (Wildman–Crippen LogP) is 0.216. The van der Waals surface area contributed by atoms with Gasteiger partial charge in [-0.2, -0.15) is 0 Å². The van der Waals surface area contributed by atoms with Crippen LogP contribution < -0.4 is 0 Å². The molecule has 0 amide bonds. The van der Waals surface area contributed by atoms with Crippen molar-refractivity contribution >= 4 is 5.97 Å². The molecule has 2 N–H and O–H groups in total. The number of carbonyl (C=O) groups is 1. The third-order valence-electron chi connectivity index (χ3n) is 1.61. The summed E-state index contributed by atoms with van der Waals surface area (Å²) in [6.45, 7) is -0.135. The van der Waals surface area contributed by atoms with Crippen molar-refractivity contribution in [3.8, 4) is 0 Å². The number of aliphatic hydroxyl groups is 1. The first-order valence-corrected chi connectivity index (χ1v) is 3.15. The number of nitrogens with zero attached hydrogens (tertiary/aromatic N) is 1. The first-order chi connectivity index (χ1) is 5.16. The zero-order valence-corrected chi connectivity index (χ0v) is 6.11. The van der Waals surface area contributed by atoms with Crippen LogP contribution in [0.1, 0.15) is 16.2 Å². The summed E-state index contributed by atoms with van der Waals surface area (Å²) in [6.07, 6.45) is 0. The Morgan fingerprint density at radius 2 is 2.27 bits per heavy atom. The topological polar surface area (TPSA) is 62.5 Å². The molecule has 0 aliphatic carbocycles. The fraction of sp³-hybridized carbons (Fsp3) is 0.286. The summed E-state index contributed by atoms with van der Waals surface area (Å²) < 4.78 is 1.45. The second kappa shape index (κ2) is 2.75. The van der Waals surface area contributed by atoms with Crippen molar-refractivity contribution in [1.29, 1.82) is 0 Å². The van der Waals surface area contributed by atoms with Crippen LogP contribution in [0.15, 0.2) is 12.1 Å². The molecule has 60 valence electrons. The molecule has 4 nitrogen and oxygen atoms in total. The molecule has 0 bridgehead atoms. The maximum atomic E-state index is 10.4. The maximum Gasteiger partial charge on any atom is 0.352 e. The van der Waals surface area contributed by atoms with Gasteiger partial charge >= 0.3 is 5.97 Å². The first kappa shape index (κ1) is 7.81. The molecule has 0 spiro atoms. The minimum atomic E-state index is -0.979. The highest BCUT2D eigenvalue weighted by Crippen LogP contribution is 2.06. The SMILES string of the molecule is Cn1c(CO)ccc1C(=O)O. The lowest BCUT2D eigenvalue weighted by Gasteiger charge is -2.00. The van der Waals surface area contributed by atoms with Gasteiger partial charge in [-0.1, -0.05) is 0 Å². The quantitative estimate of drug-likeness (QED) is 0.642. The van der Waals surface area contributed by atoms with Crippen LogP contribution >= 0.6 is 0 Å². The van der Waals surface area contributed by atoms with Crippen molar-refractivity contribution in [3.63, 3.8) is 0 Å². The van der Waals surface area contributed by atoms with Crippen LogP contribution in [0.3, 0.4) is 0 Å². The molecule has 0 saturated heterocycles. The highest BCUT2D eigenvalue weighted by Gasteiger charge is 2.08. The van der Waals surface area contributed by atoms with Crippen LogP contribution in [0, 0.1) is 0 Å². The van der Waals surface area contributed by atoms with E-state index in [0.717, 1.165) is 0 Å². The van der Waals surface area contributed by atoms with E-state index in [1.54, 1.807) is 13.1 Å². The Morgan fingerprint density at radius 3 is 2.55 bits per heavy atom. The van der Waals surface area contributed by atoms with Gasteiger partial charge in [0.05, 0.1) is 6.61 Å². The molecule has 0 saturated carbocycles. The maximum absolute atomic E-state index is 10.4. The number of carboxylic acids is 1. The number of aromatic carboxylic acids is 1. The van der Waals surface area contributed by atoms with Crippen molar-refractivity contribution in [2.24, 2.45) is 7.05 Å². The summed E-state index contributed by atoms with van der Waals surface area (Å²) in [4.78, 5) is 10.4. The largest absolute Gasteiger partial charge is 0.477 e. The fourth-order valence-electron chi connectivity index (χ4n) is 0.927. The average molecular weight is 155 g/mol. The molecule has 0 fully saturated rings. The summed E-state index contributed by atoms with van der Waals surface area (Å²) >= 11 is 0. The molecule has 1 aromatic heterocycles. The number of rotatable bonds is 2. The van der Waals surface area contributed by atoms with E-state index in [0.29, 0.717) is 5.69 Å². The Bertz CT molecular complexity index is 277. The Morgan fingerprint density at radius 1 is 1.64 bits per heavy atom. The van der Waals surface area contributed by atoms with Crippen LogP contribution in [-0.4, -0.2) is 20.7 Å². The minimum Gasteiger partial charge on any atom is -0.477 e. The van der Waals surface area contributed by atoms with Gasteiger partial charge in [0.2, 0.25) is 0 Å². The molecule has 0 aliphatic heterocycles. The Hall–Kier alpha value is -1.29. The van der Waals surface area contributed by atoms with Gasteiger partial charge in [0.15, 0.2) is 0 Å². The number of aliphatic hydroxyl groups excluding tert-OH is 1. The standard InChI is InChI=1S/C7H9NO3/c1-8-5(4-9)2-3-6(8)7(10)11/h2-3,9H,4H2,1H3,(H,10,11). The van der Waals surface area contributed by atoms with Gasteiger partial charge in [0.1, 0.15) is 5.69 Å². The first-order valence-electron chi connectivity index (χ1n) is 3.15. The molecule has 1 aromatic rings. The molecule has 0 aliphatic rings. The van der Waals surface area contributed by atoms with E-state index >= 15 is 0 Å². The second-order valence-electron chi connectivity index (χ2n) is 2.23. The van der Waals surface area contributed by atoms with Gasteiger partial charge in [-0.25, -0.2) is 4.79 Å². The molecular formula is C7H9NO3. The fourth-order valence-corrected chi connectivity index (χ4v) is 0.927. The Kier molecular flexibility index (Phi) is 1.96. The van der Waals surface area contributed by atoms with Gasteiger partial charge in [-0.3, -0.25) is 0 Å². The number of carboxylic acid groups (broad SMARTS) is 1. The molecule has 0 aromatic carbocycles. The molecule has 0 radical (unpaired) electrons. The Labute approximate surface area is 63.7 Å². The third-order valence-corrected chi connectivity index (χ3v) is 1.61. The minimum absolute atomic E-state index is 0.135. The van der Waals surface area contributed by atoms with Crippen LogP contribution in [0.2, 0.25) is 0 Å². The zero-order valence-electron chi connectivity index (χ0n) is 6.11. The van der Waals surface area contributed by atoms with Gasteiger partial charge in [-0.15, -0.1) is 0 Å². The van der Waals surface area contributed by atoms with Crippen LogP contribution in [0.4, 0.5) is 0 Å². The molecule has 0 atom stereocenters. The average Bonchev–Trinajstić information content (AvgIpc) is 2.30. The summed E-state index contributed by atoms with van der Waals surface area (Å²) in [6, 6.07) is 3.05. The molecule has 0 unspecified atom stereocenters. The van der Waals surface area contributed by atoms with E-state index in [4.69, 9.17) is 10.2 Å². The third kappa shape index (κ3) is 1.25. The number of hydrogen-bond donors (Lipinski definition) is 2. The van der Waals surface area contributed by atoms with Crippen molar-refractivity contribution in [3.05, 3.63) is 23.5 Å². The van der Waals surface area contributed by atoms with Gasteiger partial charge in [0, 0.05) is 12.7 Å². The van der Waals surface area contributed by atoms with Gasteiger partial charge < -0.3 is 14.8 Å². The van der Waals surface area contributed by atoms with E-state index in [1.165, 1.54) is 10.6 Å². The molecule has 1 rings (SSSR count). The lowest BCUT2D eigenvalue weighted by Crippen LogP contribution is -2.06. The highest BCUT2D eigenvalue weighted by atomic mass is 16.4. The van der Waals surface area contributed by atoms with E-state index in [-0.39, 0.29) is 12.3 Å². The molecule has 11 heavy (non-hydrogen) atoms. The number of hydrogen-bond acceptors (Lipinski definition) is 2. The summed E-state index contributed by atoms with van der Waals surface area (Å²) in [5, 5.41) is 17.3. The van der Waals surface area contributed by atoms with Gasteiger partial charge in [0.25, 0.3) is 0 Å². The van der Waals surface area contributed by atoms with Crippen molar-refractivity contribution in [2.75, 3.05) is 0 Å². The van der Waals surface area contributed by atoms with E-state index in [9.17, 15) is 4.79 Å². The smallest absolute Gasteiger partial charge is 0.352 e. The lowest BCUT2D eigenvalue weighted by molar-refractivity contribution is 0.0686. The molecule has 1 heterocycles. The second-order valence-corrected chi connectivity index (χ2v) is 2.23. The van der Waals surface area contributed by atoms with Crippen LogP contribution in [0.25, 0.3) is 0 Å². The summed E-state index contributed by atoms with van der Waals surface area (Å²) in [7, 11) is 1.61. The molecular weight excluding hydrogens is 146 g/mol. The zero-order chi connectivity index (χ0) is 8.43. The van der Waals surface area contributed by atoms with Gasteiger partial charge in [-0.05, 0) is 12.1 Å². The highest BCUT2D eigenvalue weighted by molar-refractivity contribution is 5.86. The van der Waals surface area contributed by atoms with E-state index in [2.05, 4.69) is 0 Å². The lowest BCUT2D eigenvalue weighted by atomic mass is 10.4. The van der Waals surface area contributed by atoms with Crippen LogP contribution in [0.5, 0.6) is 0 Å². The van der Waals surface area contributed by atoms with Crippen LogP contribution in [-0.2, 0) is 13.7 Å². The van der Waals surface area contributed by atoms with Crippen molar-refractivity contribution in [2.45, 2.75) is 6.61 Å². The number of aromatic nitrogens is 1. The monoisotopic (exact) mass is 155 g/mol. The summed E-state index contributed by atoms with van der Waals surface area (Å²) in [5.41, 5.74) is 0.788. The Balaban J connectivity index is 3.10. The van der Waals surface area contributed by atoms with Crippen molar-refractivity contribution < 1.29 is 15.0 Å². The van der Waals surface area contributed by atoms with E-state index < -0.39 is 5.97 Å². The van der Waals surface area contributed by atoms with E-state index in [1.807, 2.05) is 0 Å².